The Kier molecular flexibility index (Phi) is 7.52. The number of ether oxygens (including phenoxy) is 1. The predicted octanol–water partition coefficient (Wildman–Crippen LogP) is 2.20. The summed E-state index contributed by atoms with van der Waals surface area (Å²) in [5, 5.41) is 2.65. The molecule has 146 valence electrons. The molecule has 0 unspecified atom stereocenters. The lowest BCUT2D eigenvalue weighted by atomic mass is 10.2. The van der Waals surface area contributed by atoms with Gasteiger partial charge >= 0.3 is 5.97 Å². The van der Waals surface area contributed by atoms with Crippen molar-refractivity contribution in [3.8, 4) is 0 Å². The summed E-state index contributed by atoms with van der Waals surface area (Å²) in [5.74, 6) is -0.868. The van der Waals surface area contributed by atoms with E-state index in [0.29, 0.717) is 12.2 Å². The smallest absolute Gasteiger partial charge is 0.306 e. The Morgan fingerprint density at radius 2 is 2.00 bits per heavy atom. The maximum absolute atomic E-state index is 12.8. The number of unbranched alkanes of at least 4 members (excludes halogenated alkanes) is 1. The van der Waals surface area contributed by atoms with Gasteiger partial charge in [-0.25, -0.2) is 4.98 Å². The Morgan fingerprint density at radius 1 is 1.26 bits per heavy atom. The molecule has 0 saturated carbocycles. The van der Waals surface area contributed by atoms with Crippen LogP contribution in [0.3, 0.4) is 0 Å². The van der Waals surface area contributed by atoms with Crippen molar-refractivity contribution in [1.29, 1.82) is 0 Å². The Balaban J connectivity index is 2.08. The third-order valence-electron chi connectivity index (χ3n) is 4.04. The number of benzene rings is 1. The molecule has 7 heteroatoms. The van der Waals surface area contributed by atoms with Crippen molar-refractivity contribution in [3.63, 3.8) is 0 Å². The van der Waals surface area contributed by atoms with Crippen molar-refractivity contribution in [2.75, 3.05) is 6.61 Å². The fraction of sp³-hybridized carbons (Fsp3) is 0.500. The lowest BCUT2D eigenvalue weighted by molar-refractivity contribution is -0.148. The molecule has 2 aromatic rings. The van der Waals surface area contributed by atoms with E-state index in [9.17, 15) is 14.4 Å². The number of para-hydroxylation sites is 2. The van der Waals surface area contributed by atoms with E-state index in [0.717, 1.165) is 23.9 Å². The topological polar surface area (TPSA) is 90.3 Å². The van der Waals surface area contributed by atoms with E-state index >= 15 is 0 Å². The van der Waals surface area contributed by atoms with Crippen molar-refractivity contribution < 1.29 is 14.3 Å². The first-order valence-corrected chi connectivity index (χ1v) is 9.35. The van der Waals surface area contributed by atoms with Gasteiger partial charge in [0.1, 0.15) is 5.69 Å². The summed E-state index contributed by atoms with van der Waals surface area (Å²) >= 11 is 0. The van der Waals surface area contributed by atoms with Crippen LogP contribution >= 0.6 is 0 Å². The minimum atomic E-state index is -0.525. The highest BCUT2D eigenvalue weighted by atomic mass is 16.5. The molecule has 0 spiro atoms. The van der Waals surface area contributed by atoms with Crippen LogP contribution in [-0.4, -0.2) is 34.1 Å². The van der Waals surface area contributed by atoms with Crippen LogP contribution in [0.4, 0.5) is 0 Å². The van der Waals surface area contributed by atoms with Gasteiger partial charge in [0.05, 0.1) is 17.5 Å². The standard InChI is InChI=1S/C20H27N3O4/c1-4-5-12-23-17-9-7-6-8-15(17)22-16(20(23)26)10-11-19(25)27-13-18(24)21-14(2)3/h6-9,14H,4-5,10-13H2,1-3H3,(H,21,24). The zero-order chi connectivity index (χ0) is 19.8. The number of esters is 1. The Morgan fingerprint density at radius 3 is 2.70 bits per heavy atom. The summed E-state index contributed by atoms with van der Waals surface area (Å²) in [6.07, 6.45) is 2.05. The highest BCUT2D eigenvalue weighted by Crippen LogP contribution is 2.12. The van der Waals surface area contributed by atoms with Crippen LogP contribution in [0.15, 0.2) is 29.1 Å². The first-order chi connectivity index (χ1) is 12.9. The Bertz CT molecular complexity index is 858. The second kappa shape index (κ2) is 9.85. The number of aryl methyl sites for hydroxylation is 2. The molecule has 0 fully saturated rings. The molecule has 2 rings (SSSR count). The number of hydrogen-bond donors (Lipinski definition) is 1. The average Bonchev–Trinajstić information content (AvgIpc) is 2.63. The summed E-state index contributed by atoms with van der Waals surface area (Å²) in [4.78, 5) is 40.6. The summed E-state index contributed by atoms with van der Waals surface area (Å²) in [6, 6.07) is 7.47. The molecule has 1 aromatic heterocycles. The number of nitrogens with zero attached hydrogens (tertiary/aromatic N) is 2. The van der Waals surface area contributed by atoms with E-state index < -0.39 is 5.97 Å². The number of fused-ring (bicyclic) bond motifs is 1. The fourth-order valence-corrected chi connectivity index (χ4v) is 2.75. The summed E-state index contributed by atoms with van der Waals surface area (Å²) in [7, 11) is 0. The van der Waals surface area contributed by atoms with Crippen molar-refractivity contribution in [2.24, 2.45) is 0 Å². The summed E-state index contributed by atoms with van der Waals surface area (Å²) in [6.45, 7) is 6.03. The van der Waals surface area contributed by atoms with E-state index in [1.165, 1.54) is 0 Å². The van der Waals surface area contributed by atoms with Crippen molar-refractivity contribution in [2.45, 2.75) is 59.0 Å². The maximum Gasteiger partial charge on any atom is 0.306 e. The molecule has 7 nitrogen and oxygen atoms in total. The molecular formula is C20H27N3O4. The van der Waals surface area contributed by atoms with E-state index in [2.05, 4.69) is 17.2 Å². The fourth-order valence-electron chi connectivity index (χ4n) is 2.75. The van der Waals surface area contributed by atoms with Gasteiger partial charge in [0.2, 0.25) is 0 Å². The molecule has 27 heavy (non-hydrogen) atoms. The van der Waals surface area contributed by atoms with Gasteiger partial charge in [0.25, 0.3) is 11.5 Å². The minimum Gasteiger partial charge on any atom is -0.456 e. The number of amides is 1. The highest BCUT2D eigenvalue weighted by molar-refractivity contribution is 5.80. The minimum absolute atomic E-state index is 0.00329. The molecule has 0 aliphatic carbocycles. The average molecular weight is 373 g/mol. The molecule has 1 aromatic carbocycles. The third-order valence-corrected chi connectivity index (χ3v) is 4.04. The van der Waals surface area contributed by atoms with E-state index in [1.54, 1.807) is 4.57 Å². The van der Waals surface area contributed by atoms with Crippen LogP contribution in [0.5, 0.6) is 0 Å². The second-order valence-electron chi connectivity index (χ2n) is 6.74. The number of nitrogens with one attached hydrogen (secondary N) is 1. The largest absolute Gasteiger partial charge is 0.456 e. The van der Waals surface area contributed by atoms with Crippen LogP contribution in [0.1, 0.15) is 45.7 Å². The Hall–Kier alpha value is -2.70. The number of rotatable bonds is 9. The van der Waals surface area contributed by atoms with Gasteiger partial charge in [0, 0.05) is 19.0 Å². The number of aromatic nitrogens is 2. The number of hydrogen-bond acceptors (Lipinski definition) is 5. The van der Waals surface area contributed by atoms with Crippen LogP contribution in [-0.2, 0) is 27.3 Å². The van der Waals surface area contributed by atoms with E-state index in [4.69, 9.17) is 4.74 Å². The first kappa shape index (κ1) is 20.6. The van der Waals surface area contributed by atoms with Gasteiger partial charge in [-0.2, -0.15) is 0 Å². The van der Waals surface area contributed by atoms with Gasteiger partial charge in [-0.3, -0.25) is 14.4 Å². The SMILES string of the molecule is CCCCn1c(=O)c(CCC(=O)OCC(=O)NC(C)C)nc2ccccc21. The van der Waals surface area contributed by atoms with Crippen molar-refractivity contribution in [3.05, 3.63) is 40.3 Å². The molecule has 0 bridgehead atoms. The molecule has 0 aliphatic rings. The van der Waals surface area contributed by atoms with Crippen LogP contribution < -0.4 is 10.9 Å². The molecule has 1 amide bonds. The van der Waals surface area contributed by atoms with Crippen molar-refractivity contribution in [1.82, 2.24) is 14.9 Å². The van der Waals surface area contributed by atoms with Crippen LogP contribution in [0, 0.1) is 0 Å². The second-order valence-corrected chi connectivity index (χ2v) is 6.74. The monoisotopic (exact) mass is 373 g/mol. The van der Waals surface area contributed by atoms with Gasteiger partial charge < -0.3 is 14.6 Å². The number of carbonyl (C=O) groups excluding carboxylic acids is 2. The first-order valence-electron chi connectivity index (χ1n) is 9.35. The van der Waals surface area contributed by atoms with Gasteiger partial charge in [-0.15, -0.1) is 0 Å². The molecule has 1 heterocycles. The quantitative estimate of drug-likeness (QED) is 0.681. The van der Waals surface area contributed by atoms with Gasteiger partial charge in [-0.05, 0) is 32.4 Å². The van der Waals surface area contributed by atoms with Gasteiger partial charge in [-0.1, -0.05) is 25.5 Å². The molecule has 0 saturated heterocycles. The Labute approximate surface area is 158 Å². The predicted molar refractivity (Wildman–Crippen MR) is 103 cm³/mol. The third kappa shape index (κ3) is 5.91. The zero-order valence-corrected chi connectivity index (χ0v) is 16.2. The van der Waals surface area contributed by atoms with Crippen LogP contribution in [0.25, 0.3) is 11.0 Å². The maximum atomic E-state index is 12.8. The lowest BCUT2D eigenvalue weighted by Crippen LogP contribution is -2.34. The van der Waals surface area contributed by atoms with Gasteiger partial charge in [0.15, 0.2) is 6.61 Å². The zero-order valence-electron chi connectivity index (χ0n) is 16.2. The molecule has 0 radical (unpaired) electrons. The molecule has 0 atom stereocenters. The number of carbonyl (C=O) groups is 2. The highest BCUT2D eigenvalue weighted by Gasteiger charge is 2.14. The van der Waals surface area contributed by atoms with Crippen LogP contribution in [0.2, 0.25) is 0 Å². The summed E-state index contributed by atoms with van der Waals surface area (Å²) in [5.41, 5.74) is 1.70. The van der Waals surface area contributed by atoms with E-state index in [1.807, 2.05) is 38.1 Å². The van der Waals surface area contributed by atoms with Crippen molar-refractivity contribution >= 4 is 22.9 Å². The lowest BCUT2D eigenvalue weighted by Gasteiger charge is -2.12. The summed E-state index contributed by atoms with van der Waals surface area (Å²) < 4.78 is 6.69. The molecular weight excluding hydrogens is 346 g/mol. The van der Waals surface area contributed by atoms with E-state index in [-0.39, 0.29) is 37.0 Å². The molecule has 1 N–H and O–H groups in total. The molecule has 0 aliphatic heterocycles. The normalized spacial score (nSPS) is 11.0.